The van der Waals surface area contributed by atoms with Crippen molar-refractivity contribution >= 4 is 10.1 Å². The quantitative estimate of drug-likeness (QED) is 0.242. The molecule has 4 heteroatoms. The molecule has 0 aromatic heterocycles. The summed E-state index contributed by atoms with van der Waals surface area (Å²) in [5.41, 5.74) is 4.79. The minimum absolute atomic E-state index is 0.167. The van der Waals surface area contributed by atoms with Crippen molar-refractivity contribution in [3.63, 3.8) is 0 Å². The van der Waals surface area contributed by atoms with Crippen molar-refractivity contribution in [3.05, 3.63) is 136 Å². The summed E-state index contributed by atoms with van der Waals surface area (Å²) in [7, 11) is -4.12. The van der Waals surface area contributed by atoms with Crippen LogP contribution in [0.2, 0.25) is 0 Å². The van der Waals surface area contributed by atoms with Crippen LogP contribution in [-0.4, -0.2) is 8.42 Å². The molecular weight excluding hydrogens is 428 g/mol. The van der Waals surface area contributed by atoms with Crippen LogP contribution >= 0.6 is 0 Å². The summed E-state index contributed by atoms with van der Waals surface area (Å²) in [6.07, 6.45) is 0. The number of hydrogen-bond donors (Lipinski definition) is 0. The largest absolute Gasteiger partial charge is 0.298 e. The predicted molar refractivity (Wildman–Crippen MR) is 133 cm³/mol. The van der Waals surface area contributed by atoms with Gasteiger partial charge in [-0.15, -0.1) is 0 Å². The molecule has 0 spiro atoms. The zero-order valence-electron chi connectivity index (χ0n) is 19.4. The Hall–Kier alpha value is -3.21. The second kappa shape index (κ2) is 8.97. The molecule has 0 fully saturated rings. The Morgan fingerprint density at radius 2 is 0.909 bits per heavy atom. The number of rotatable bonds is 6. The van der Waals surface area contributed by atoms with Crippen LogP contribution in [0, 0.1) is 27.7 Å². The zero-order chi connectivity index (χ0) is 23.6. The summed E-state index contributed by atoms with van der Waals surface area (Å²) >= 11 is 0. The first-order chi connectivity index (χ1) is 15.7. The van der Waals surface area contributed by atoms with E-state index in [0.29, 0.717) is 5.56 Å². The van der Waals surface area contributed by atoms with E-state index in [1.54, 1.807) is 25.1 Å². The van der Waals surface area contributed by atoms with Crippen molar-refractivity contribution in [2.45, 2.75) is 38.2 Å². The molecule has 4 rings (SSSR count). The Bertz CT molecular complexity index is 1240. The first kappa shape index (κ1) is 23.0. The highest BCUT2D eigenvalue weighted by atomic mass is 32.2. The minimum Gasteiger partial charge on any atom is -0.245 e. The van der Waals surface area contributed by atoms with Crippen LogP contribution in [0.5, 0.6) is 0 Å². The van der Waals surface area contributed by atoms with E-state index in [-0.39, 0.29) is 4.90 Å². The highest BCUT2D eigenvalue weighted by Gasteiger charge is 2.43. The molecule has 168 valence electrons. The smallest absolute Gasteiger partial charge is 0.245 e. The van der Waals surface area contributed by atoms with Gasteiger partial charge in [0.05, 0.1) is 4.90 Å². The second-order valence-electron chi connectivity index (χ2n) is 8.58. The van der Waals surface area contributed by atoms with Gasteiger partial charge in [0, 0.05) is 0 Å². The zero-order valence-corrected chi connectivity index (χ0v) is 20.2. The lowest BCUT2D eigenvalue weighted by molar-refractivity contribution is 0.164. The van der Waals surface area contributed by atoms with Gasteiger partial charge in [0.1, 0.15) is 0 Å². The van der Waals surface area contributed by atoms with Gasteiger partial charge in [0.25, 0.3) is 10.1 Å². The molecule has 33 heavy (non-hydrogen) atoms. The fourth-order valence-corrected chi connectivity index (χ4v) is 5.47. The molecule has 3 nitrogen and oxygen atoms in total. The van der Waals surface area contributed by atoms with E-state index in [2.05, 4.69) is 0 Å². The van der Waals surface area contributed by atoms with Crippen molar-refractivity contribution in [2.24, 2.45) is 0 Å². The van der Waals surface area contributed by atoms with Gasteiger partial charge in [-0.2, -0.15) is 8.42 Å². The maximum absolute atomic E-state index is 13.8. The van der Waals surface area contributed by atoms with Crippen LogP contribution < -0.4 is 0 Å². The number of benzene rings is 4. The molecule has 4 aromatic carbocycles. The summed E-state index contributed by atoms with van der Waals surface area (Å²) < 4.78 is 33.9. The lowest BCUT2D eigenvalue weighted by Crippen LogP contribution is -2.35. The van der Waals surface area contributed by atoms with Gasteiger partial charge in [0.15, 0.2) is 5.60 Å². The summed E-state index contributed by atoms with van der Waals surface area (Å²) in [4.78, 5) is 0.167. The monoisotopic (exact) mass is 456 g/mol. The van der Waals surface area contributed by atoms with Crippen LogP contribution in [0.25, 0.3) is 0 Å². The minimum atomic E-state index is -4.12. The van der Waals surface area contributed by atoms with Crippen molar-refractivity contribution in [1.82, 2.24) is 0 Å². The van der Waals surface area contributed by atoms with Gasteiger partial charge in [-0.1, -0.05) is 108 Å². The van der Waals surface area contributed by atoms with Crippen LogP contribution in [0.1, 0.15) is 38.9 Å². The topological polar surface area (TPSA) is 43.4 Å². The molecule has 0 bridgehead atoms. The van der Waals surface area contributed by atoms with Gasteiger partial charge >= 0.3 is 0 Å². The fourth-order valence-electron chi connectivity index (χ4n) is 4.06. The Balaban J connectivity index is 2.04. The Labute approximate surface area is 196 Å². The molecule has 0 aliphatic rings. The van der Waals surface area contributed by atoms with Gasteiger partial charge in [0.2, 0.25) is 0 Å². The van der Waals surface area contributed by atoms with E-state index in [1.807, 2.05) is 99.6 Å². The molecule has 0 N–H and O–H groups in total. The second-order valence-corrected chi connectivity index (χ2v) is 10.1. The third-order valence-electron chi connectivity index (χ3n) is 5.97. The summed E-state index contributed by atoms with van der Waals surface area (Å²) in [6, 6.07) is 30.5. The number of aryl methyl sites for hydroxylation is 4. The predicted octanol–water partition coefficient (Wildman–Crippen LogP) is 6.62. The molecule has 4 aromatic rings. The van der Waals surface area contributed by atoms with Crippen LogP contribution in [0.3, 0.4) is 0 Å². The van der Waals surface area contributed by atoms with Crippen molar-refractivity contribution in [2.75, 3.05) is 0 Å². The van der Waals surface area contributed by atoms with Crippen molar-refractivity contribution in [1.29, 1.82) is 0 Å². The van der Waals surface area contributed by atoms with E-state index in [4.69, 9.17) is 4.18 Å². The van der Waals surface area contributed by atoms with E-state index in [1.165, 1.54) is 0 Å². The van der Waals surface area contributed by atoms with Crippen molar-refractivity contribution in [3.8, 4) is 0 Å². The van der Waals surface area contributed by atoms with Gasteiger partial charge < -0.3 is 0 Å². The van der Waals surface area contributed by atoms with Crippen molar-refractivity contribution < 1.29 is 12.6 Å². The molecule has 0 heterocycles. The average Bonchev–Trinajstić information content (AvgIpc) is 2.79. The Morgan fingerprint density at radius 3 is 1.27 bits per heavy atom. The lowest BCUT2D eigenvalue weighted by atomic mass is 9.80. The van der Waals surface area contributed by atoms with Crippen LogP contribution in [0.4, 0.5) is 0 Å². The Morgan fingerprint density at radius 1 is 0.545 bits per heavy atom. The third kappa shape index (κ3) is 4.50. The van der Waals surface area contributed by atoms with E-state index in [0.717, 1.165) is 33.4 Å². The third-order valence-corrected chi connectivity index (χ3v) is 7.44. The molecular formula is C29H28O3S. The standard InChI is InChI=1S/C29H28O3S/c1-21-9-15-25(16-10-21)29(26-17-11-22(2)12-18-26,27-19-13-23(3)14-20-27)32-33(30,31)28-8-6-5-7-24(28)4/h5-20H,1-4H3. The molecule has 0 saturated heterocycles. The van der Waals surface area contributed by atoms with Crippen LogP contribution in [-0.2, 0) is 19.9 Å². The molecule has 0 aliphatic heterocycles. The normalized spacial score (nSPS) is 12.0. The first-order valence-electron chi connectivity index (χ1n) is 10.9. The van der Waals surface area contributed by atoms with E-state index < -0.39 is 15.7 Å². The average molecular weight is 457 g/mol. The number of hydrogen-bond acceptors (Lipinski definition) is 3. The lowest BCUT2D eigenvalue weighted by Gasteiger charge is -2.35. The molecule has 0 radical (unpaired) electrons. The summed E-state index contributed by atoms with van der Waals surface area (Å²) in [5, 5.41) is 0. The Kier molecular flexibility index (Phi) is 6.24. The summed E-state index contributed by atoms with van der Waals surface area (Å²) in [5.74, 6) is 0. The maximum atomic E-state index is 13.8. The first-order valence-corrected chi connectivity index (χ1v) is 12.4. The van der Waals surface area contributed by atoms with Crippen LogP contribution in [0.15, 0.2) is 102 Å². The molecule has 0 unspecified atom stereocenters. The van der Waals surface area contributed by atoms with Gasteiger partial charge in [-0.25, -0.2) is 4.18 Å². The van der Waals surface area contributed by atoms with E-state index >= 15 is 0 Å². The maximum Gasteiger partial charge on any atom is 0.298 e. The van der Waals surface area contributed by atoms with E-state index in [9.17, 15) is 8.42 Å². The summed E-state index contributed by atoms with van der Waals surface area (Å²) in [6.45, 7) is 7.80. The van der Waals surface area contributed by atoms with Gasteiger partial charge in [-0.05, 0) is 56.0 Å². The SMILES string of the molecule is Cc1ccc(C(OS(=O)(=O)c2ccccc2C)(c2ccc(C)cc2)c2ccc(C)cc2)cc1. The van der Waals surface area contributed by atoms with Gasteiger partial charge in [-0.3, -0.25) is 0 Å². The molecule has 0 saturated carbocycles. The molecule has 0 aliphatic carbocycles. The highest BCUT2D eigenvalue weighted by molar-refractivity contribution is 7.86. The molecule has 0 atom stereocenters. The highest BCUT2D eigenvalue weighted by Crippen LogP contribution is 2.43. The fraction of sp³-hybridized carbons (Fsp3) is 0.172. The molecule has 0 amide bonds.